The Morgan fingerprint density at radius 2 is 1.15 bits per heavy atom. The molecule has 0 amide bonds. The van der Waals surface area contributed by atoms with Gasteiger partial charge in [0, 0.05) is 5.69 Å². The number of benzene rings is 4. The first kappa shape index (κ1) is 36.8. The molecule has 2 N–H and O–H groups in total. The first-order chi connectivity index (χ1) is 23.6. The van der Waals surface area contributed by atoms with Crippen LogP contribution in [0.1, 0.15) is 37.0 Å². The summed E-state index contributed by atoms with van der Waals surface area (Å²) in [5.41, 5.74) is 12.4. The summed E-state index contributed by atoms with van der Waals surface area (Å²) >= 11 is 0. The highest BCUT2D eigenvalue weighted by Gasteiger charge is 2.01. The molecule has 0 atom stereocenters. The van der Waals surface area contributed by atoms with Crippen molar-refractivity contribution >= 4 is 22.5 Å². The molecule has 1 nitrogen and oxygen atoms in total. The van der Waals surface area contributed by atoms with E-state index in [0.717, 1.165) is 24.1 Å². The number of rotatable bonds is 2. The number of hydrogen-bond acceptors (Lipinski definition) is 1. The molecule has 1 aliphatic rings. The van der Waals surface area contributed by atoms with Gasteiger partial charge in [-0.1, -0.05) is 207 Å². The normalized spacial score (nSPS) is 11.3. The van der Waals surface area contributed by atoms with E-state index in [2.05, 4.69) is 172 Å². The average Bonchev–Trinajstić information content (AvgIpc) is 3.17. The smallest absolute Gasteiger partial charge is 0.0313 e. The van der Waals surface area contributed by atoms with Crippen molar-refractivity contribution in [1.82, 2.24) is 0 Å². The number of nitrogens with two attached hydrogens (primary N) is 1. The number of nitrogen functional groups attached to an aromatic ring is 1. The molecule has 5 aromatic rings. The highest BCUT2D eigenvalue weighted by atomic mass is 14.5. The molecule has 0 aliphatic heterocycles. The summed E-state index contributed by atoms with van der Waals surface area (Å²) in [7, 11) is 0. The minimum Gasteiger partial charge on any atom is -0.399 e. The van der Waals surface area contributed by atoms with E-state index in [4.69, 9.17) is 5.73 Å². The highest BCUT2D eigenvalue weighted by Crippen LogP contribution is 2.27. The second-order valence-corrected chi connectivity index (χ2v) is 11.1. The molecule has 2 bridgehead atoms. The lowest BCUT2D eigenvalue weighted by Gasteiger charge is -2.05. The quantitative estimate of drug-likeness (QED) is 0.153. The molecule has 0 fully saturated rings. The largest absolute Gasteiger partial charge is 0.399 e. The Balaban J connectivity index is 0.000000265. The fraction of sp³-hybridized carbons (Fsp3) is 0.106. The standard InChI is InChI=1S/C29H24.C7H8.C6H7N.C5H10/c1-2-12-24-14-4-5-15-25(13-3-1)17-10-20-26(18-7-6-16-24)29-23-11-21-27-19-8-9-22-28(27)29;1-7-5-3-2-4-6-7;7-6-4-2-1-3-5-6;1-3-5-4-2/h1-11,13-23H,12H2;2-6H,1H3;1-5H,7H2;3,5H,4H2,1-2H3/b2-1?,5-4?,7-6?,13-3-,14-4?,15-5?,16-6?,17-10?,18-7?,20-10?,24-14?,24-16?,25-15?,25-17?,26-18?,26-20?;;;5-3-. The molecule has 1 aliphatic carbocycles. The maximum absolute atomic E-state index is 5.36. The third-order valence-corrected chi connectivity index (χ3v) is 7.17. The molecule has 0 saturated carbocycles. The van der Waals surface area contributed by atoms with Gasteiger partial charge >= 0.3 is 0 Å². The minimum absolute atomic E-state index is 0.822. The molecule has 0 heterocycles. The average molecular weight is 628 g/mol. The van der Waals surface area contributed by atoms with Gasteiger partial charge in [-0.15, -0.1) is 0 Å². The van der Waals surface area contributed by atoms with Crippen molar-refractivity contribution < 1.29 is 0 Å². The first-order valence-corrected chi connectivity index (χ1v) is 16.7. The summed E-state index contributed by atoms with van der Waals surface area (Å²) in [6.45, 7) is 6.24. The van der Waals surface area contributed by atoms with Gasteiger partial charge in [0.25, 0.3) is 0 Å². The van der Waals surface area contributed by atoms with Crippen molar-refractivity contribution in [3.63, 3.8) is 0 Å². The van der Waals surface area contributed by atoms with Gasteiger partial charge in [0.2, 0.25) is 0 Å². The van der Waals surface area contributed by atoms with E-state index < -0.39 is 0 Å². The Labute approximate surface area is 289 Å². The van der Waals surface area contributed by atoms with Crippen molar-refractivity contribution in [1.29, 1.82) is 0 Å². The molecule has 1 heteroatoms. The molecule has 0 unspecified atom stereocenters. The summed E-state index contributed by atoms with van der Waals surface area (Å²) in [6, 6.07) is 58.4. The highest BCUT2D eigenvalue weighted by molar-refractivity contribution is 5.96. The molecule has 5 aromatic carbocycles. The van der Waals surface area contributed by atoms with Crippen LogP contribution in [0.4, 0.5) is 5.69 Å². The Bertz CT molecular complexity index is 1800. The lowest BCUT2D eigenvalue weighted by Crippen LogP contribution is -1.79. The lowest BCUT2D eigenvalue weighted by molar-refractivity contribution is 1.22. The molecular weight excluding hydrogens is 579 g/mol. The van der Waals surface area contributed by atoms with Crippen LogP contribution in [0.3, 0.4) is 0 Å². The molecule has 0 radical (unpaired) electrons. The zero-order valence-corrected chi connectivity index (χ0v) is 28.6. The van der Waals surface area contributed by atoms with Crippen LogP contribution in [0.25, 0.3) is 28.0 Å². The van der Waals surface area contributed by atoms with Gasteiger partial charge in [0.05, 0.1) is 0 Å². The molecule has 0 spiro atoms. The fourth-order valence-electron chi connectivity index (χ4n) is 4.69. The number of anilines is 1. The van der Waals surface area contributed by atoms with Crippen LogP contribution >= 0.6 is 0 Å². The third kappa shape index (κ3) is 14.6. The van der Waals surface area contributed by atoms with E-state index in [1.807, 2.05) is 55.5 Å². The predicted molar refractivity (Wildman–Crippen MR) is 214 cm³/mol. The second-order valence-electron chi connectivity index (χ2n) is 11.1. The number of para-hydroxylation sites is 1. The van der Waals surface area contributed by atoms with Gasteiger partial charge in [0.15, 0.2) is 0 Å². The second kappa shape index (κ2) is 22.8. The Morgan fingerprint density at radius 3 is 1.77 bits per heavy atom. The predicted octanol–water partition coefficient (Wildman–Crippen LogP) is 13.1. The molecule has 0 saturated heterocycles. The van der Waals surface area contributed by atoms with Crippen molar-refractivity contribution in [2.75, 3.05) is 5.73 Å². The van der Waals surface area contributed by atoms with E-state index in [0.29, 0.717) is 0 Å². The van der Waals surface area contributed by atoms with Gasteiger partial charge in [-0.05, 0) is 71.8 Å². The van der Waals surface area contributed by atoms with Gasteiger partial charge in [-0.25, -0.2) is 0 Å². The van der Waals surface area contributed by atoms with Crippen LogP contribution in [-0.4, -0.2) is 0 Å². The molecular formula is C47H49N. The Kier molecular flexibility index (Phi) is 17.5. The molecule has 242 valence electrons. The maximum atomic E-state index is 5.36. The summed E-state index contributed by atoms with van der Waals surface area (Å²) in [6.07, 6.45) is 14.8. The van der Waals surface area contributed by atoms with Crippen molar-refractivity contribution in [2.24, 2.45) is 0 Å². The summed E-state index contributed by atoms with van der Waals surface area (Å²) < 4.78 is 0. The van der Waals surface area contributed by atoms with E-state index in [1.54, 1.807) is 0 Å². The van der Waals surface area contributed by atoms with Gasteiger partial charge in [0.1, 0.15) is 0 Å². The van der Waals surface area contributed by atoms with Crippen LogP contribution in [-0.2, 0) is 6.42 Å². The zero-order chi connectivity index (χ0) is 34.1. The number of hydrogen-bond donors (Lipinski definition) is 1. The monoisotopic (exact) mass is 627 g/mol. The number of fused-ring (bicyclic) bond motifs is 6. The SMILES string of the molecule is C/C=C\CC.C1=CCc2ccccc(cccc(-c3cccc4ccccc34)cccc2)/C=C\1.Cc1ccccc1.Nc1ccccc1. The Morgan fingerprint density at radius 1 is 0.583 bits per heavy atom. The van der Waals surface area contributed by atoms with Crippen LogP contribution < -0.4 is 5.73 Å². The van der Waals surface area contributed by atoms with Crippen LogP contribution in [0.15, 0.2) is 200 Å². The van der Waals surface area contributed by atoms with Gasteiger partial charge in [-0.2, -0.15) is 0 Å². The summed E-state index contributed by atoms with van der Waals surface area (Å²) in [5, 5.41) is 2.53. The summed E-state index contributed by atoms with van der Waals surface area (Å²) in [4.78, 5) is 0. The Hall–Kier alpha value is -5.66. The lowest BCUT2D eigenvalue weighted by atomic mass is 9.99. The van der Waals surface area contributed by atoms with Gasteiger partial charge < -0.3 is 5.73 Å². The van der Waals surface area contributed by atoms with Crippen molar-refractivity contribution in [3.8, 4) is 11.1 Å². The third-order valence-electron chi connectivity index (χ3n) is 7.17. The van der Waals surface area contributed by atoms with E-state index in [1.165, 1.54) is 33.0 Å². The first-order valence-electron chi connectivity index (χ1n) is 16.7. The van der Waals surface area contributed by atoms with E-state index in [9.17, 15) is 0 Å². The van der Waals surface area contributed by atoms with Crippen molar-refractivity contribution in [3.05, 3.63) is 217 Å². The van der Waals surface area contributed by atoms with Crippen LogP contribution in [0, 0.1) is 6.92 Å². The van der Waals surface area contributed by atoms with E-state index in [-0.39, 0.29) is 0 Å². The maximum Gasteiger partial charge on any atom is 0.0313 e. The van der Waals surface area contributed by atoms with E-state index >= 15 is 0 Å². The zero-order valence-electron chi connectivity index (χ0n) is 28.6. The topological polar surface area (TPSA) is 26.0 Å². The molecule has 6 rings (SSSR count). The number of allylic oxidation sites excluding steroid dienone is 5. The minimum atomic E-state index is 0.822. The molecule has 48 heavy (non-hydrogen) atoms. The van der Waals surface area contributed by atoms with Crippen LogP contribution in [0.2, 0.25) is 0 Å². The summed E-state index contributed by atoms with van der Waals surface area (Å²) in [5.74, 6) is 0. The molecule has 0 aromatic heterocycles. The van der Waals surface area contributed by atoms with Crippen LogP contribution in [0.5, 0.6) is 0 Å². The van der Waals surface area contributed by atoms with Crippen molar-refractivity contribution in [2.45, 2.75) is 33.6 Å². The number of aryl methyl sites for hydroxylation is 1. The fourth-order valence-corrected chi connectivity index (χ4v) is 4.69. The van der Waals surface area contributed by atoms with Gasteiger partial charge in [-0.3, -0.25) is 0 Å².